The third-order valence-electron chi connectivity index (χ3n) is 14.6. The van der Waals surface area contributed by atoms with Gasteiger partial charge in [0.2, 0.25) is 0 Å². The topological polar surface area (TPSA) is 3.24 Å². The van der Waals surface area contributed by atoms with Gasteiger partial charge in [0.05, 0.1) is 16.5 Å². The predicted octanol–water partition coefficient (Wildman–Crippen LogP) is 16.2. The van der Waals surface area contributed by atoms with Crippen molar-refractivity contribution in [2.24, 2.45) is 0 Å². The smallest absolute Gasteiger partial charge is 0.0733 e. The monoisotopic (exact) mass is 829 g/mol. The van der Waals surface area contributed by atoms with Gasteiger partial charge in [-0.1, -0.05) is 200 Å². The van der Waals surface area contributed by atoms with Crippen LogP contribution in [-0.4, -0.2) is 0 Å². The number of para-hydroxylation sites is 1. The summed E-state index contributed by atoms with van der Waals surface area (Å²) in [5.41, 5.74) is 20.7. The number of fused-ring (bicyclic) bond motifs is 16. The van der Waals surface area contributed by atoms with Crippen molar-refractivity contribution in [3.63, 3.8) is 0 Å². The van der Waals surface area contributed by atoms with Gasteiger partial charge in [0.15, 0.2) is 0 Å². The molecule has 0 atom stereocenters. The van der Waals surface area contributed by atoms with Gasteiger partial charge < -0.3 is 4.90 Å². The molecule has 11 aromatic rings. The van der Waals surface area contributed by atoms with E-state index < -0.39 is 10.8 Å². The van der Waals surface area contributed by atoms with E-state index in [4.69, 9.17) is 0 Å². The Bertz CT molecular complexity index is 3610. The van der Waals surface area contributed by atoms with Crippen LogP contribution in [0.1, 0.15) is 44.5 Å². The highest BCUT2D eigenvalue weighted by Gasteiger charge is 2.52. The number of benzene rings is 10. The molecule has 10 aromatic carbocycles. The Morgan fingerprint density at radius 1 is 0.281 bits per heavy atom. The summed E-state index contributed by atoms with van der Waals surface area (Å²) >= 11 is 1.87. The molecule has 0 amide bonds. The van der Waals surface area contributed by atoms with Gasteiger partial charge in [0, 0.05) is 31.5 Å². The van der Waals surface area contributed by atoms with E-state index in [1.165, 1.54) is 98.1 Å². The Labute approximate surface area is 376 Å². The fraction of sp³-hybridized carbons (Fsp3) is 0.0323. The van der Waals surface area contributed by atoms with Crippen molar-refractivity contribution < 1.29 is 0 Å². The Balaban J connectivity index is 1.07. The first kappa shape index (κ1) is 35.8. The second-order valence-electron chi connectivity index (χ2n) is 17.5. The van der Waals surface area contributed by atoms with Crippen molar-refractivity contribution in [2.45, 2.75) is 10.8 Å². The SMILES string of the molecule is c1ccc(C2(c3ccccc3N(c3ccc4c(c3)-c3ccccc3C43c4ccccc4-c4ccccc43)c3ccc4c(c3)sc3ccccc34)c3ccccc3-c3ccccc32)cc1. The molecular formula is C62H39NS. The first-order chi connectivity index (χ1) is 31.8. The maximum atomic E-state index is 2.55. The van der Waals surface area contributed by atoms with Gasteiger partial charge in [-0.2, -0.15) is 0 Å². The highest BCUT2D eigenvalue weighted by atomic mass is 32.1. The van der Waals surface area contributed by atoms with Crippen LogP contribution in [0.2, 0.25) is 0 Å². The summed E-state index contributed by atoms with van der Waals surface area (Å²) < 4.78 is 2.58. The van der Waals surface area contributed by atoms with Crippen LogP contribution in [0.5, 0.6) is 0 Å². The molecule has 2 heteroatoms. The van der Waals surface area contributed by atoms with Crippen LogP contribution in [0.15, 0.2) is 237 Å². The van der Waals surface area contributed by atoms with E-state index >= 15 is 0 Å². The molecule has 0 radical (unpaired) electrons. The Kier molecular flexibility index (Phi) is 7.47. The lowest BCUT2D eigenvalue weighted by atomic mass is 9.67. The minimum Gasteiger partial charge on any atom is -0.310 e. The Hall–Kier alpha value is -7.78. The van der Waals surface area contributed by atoms with E-state index in [1.54, 1.807) is 0 Å². The van der Waals surface area contributed by atoms with E-state index in [0.717, 1.165) is 17.1 Å². The summed E-state index contributed by atoms with van der Waals surface area (Å²) in [7, 11) is 0. The Morgan fingerprint density at radius 2 is 0.703 bits per heavy atom. The normalized spacial score (nSPS) is 14.2. The summed E-state index contributed by atoms with van der Waals surface area (Å²) in [6.45, 7) is 0. The minimum absolute atomic E-state index is 0.412. The number of nitrogens with zero attached hydrogens (tertiary/aromatic N) is 1. The zero-order chi connectivity index (χ0) is 42.0. The number of rotatable bonds is 5. The van der Waals surface area contributed by atoms with Crippen molar-refractivity contribution >= 4 is 48.6 Å². The molecule has 0 bridgehead atoms. The van der Waals surface area contributed by atoms with Gasteiger partial charge in [-0.05, 0) is 114 Å². The fourth-order valence-electron chi connectivity index (χ4n) is 12.2. The van der Waals surface area contributed by atoms with Crippen LogP contribution < -0.4 is 4.90 Å². The van der Waals surface area contributed by atoms with Gasteiger partial charge in [-0.3, -0.25) is 0 Å². The van der Waals surface area contributed by atoms with Gasteiger partial charge in [-0.25, -0.2) is 0 Å². The lowest BCUT2D eigenvalue weighted by Crippen LogP contribution is -2.30. The zero-order valence-electron chi connectivity index (χ0n) is 34.9. The van der Waals surface area contributed by atoms with Crippen LogP contribution in [0, 0.1) is 0 Å². The number of anilines is 3. The maximum Gasteiger partial charge on any atom is 0.0733 e. The van der Waals surface area contributed by atoms with Gasteiger partial charge in [0.25, 0.3) is 0 Å². The van der Waals surface area contributed by atoms with Crippen LogP contribution >= 0.6 is 11.3 Å². The molecule has 1 spiro atoms. The largest absolute Gasteiger partial charge is 0.310 e. The number of thiophene rings is 1. The highest BCUT2D eigenvalue weighted by Crippen LogP contribution is 2.64. The standard InChI is InChI=1S/C62H39NS/c1-2-18-40(19-3-1)61(51-26-10-4-20-43(51)44-21-5-11-27-52(44)61)57-31-15-16-32-58(57)63(42-34-36-49-48-25-9-17-33-59(48)64-60(49)39-42)41-35-37-56-50(38-41)47-24-8-14-30-55(47)62(56)53-28-12-6-22-45(53)46-23-7-13-29-54(46)62/h1-39H. The van der Waals surface area contributed by atoms with E-state index in [-0.39, 0.29) is 0 Å². The molecule has 0 fully saturated rings. The Morgan fingerprint density at radius 3 is 1.31 bits per heavy atom. The molecule has 1 heterocycles. The lowest BCUT2D eigenvalue weighted by Gasteiger charge is -2.38. The van der Waals surface area contributed by atoms with Crippen LogP contribution in [0.25, 0.3) is 53.6 Å². The summed E-state index contributed by atoms with van der Waals surface area (Å²) in [5.74, 6) is 0. The highest BCUT2D eigenvalue weighted by molar-refractivity contribution is 7.25. The molecule has 1 nitrogen and oxygen atoms in total. The molecule has 64 heavy (non-hydrogen) atoms. The molecule has 1 aromatic heterocycles. The second-order valence-corrected chi connectivity index (χ2v) is 18.5. The van der Waals surface area contributed by atoms with Crippen LogP contribution in [-0.2, 0) is 10.8 Å². The molecule has 0 aliphatic heterocycles. The van der Waals surface area contributed by atoms with Crippen LogP contribution in [0.4, 0.5) is 17.1 Å². The van der Waals surface area contributed by atoms with Gasteiger partial charge >= 0.3 is 0 Å². The summed E-state index contributed by atoms with van der Waals surface area (Å²) in [4.78, 5) is 2.55. The van der Waals surface area contributed by atoms with Crippen molar-refractivity contribution in [1.29, 1.82) is 0 Å². The summed E-state index contributed by atoms with van der Waals surface area (Å²) in [6, 6.07) is 89.0. The van der Waals surface area contributed by atoms with E-state index in [1.807, 2.05) is 11.3 Å². The molecule has 0 unspecified atom stereocenters. The first-order valence-electron chi connectivity index (χ1n) is 22.3. The second kappa shape index (κ2) is 13.4. The van der Waals surface area contributed by atoms with Crippen molar-refractivity contribution in [2.75, 3.05) is 4.90 Å². The molecular weight excluding hydrogens is 791 g/mol. The molecule has 3 aliphatic rings. The van der Waals surface area contributed by atoms with Gasteiger partial charge in [-0.15, -0.1) is 11.3 Å². The zero-order valence-corrected chi connectivity index (χ0v) is 35.7. The molecule has 0 saturated heterocycles. The first-order valence-corrected chi connectivity index (χ1v) is 23.1. The summed E-state index contributed by atoms with van der Waals surface area (Å²) in [6.07, 6.45) is 0. The molecule has 0 N–H and O–H groups in total. The quantitative estimate of drug-likeness (QED) is 0.167. The molecule has 14 rings (SSSR count). The average Bonchev–Trinajstić information content (AvgIpc) is 4.07. The van der Waals surface area contributed by atoms with Crippen molar-refractivity contribution in [3.05, 3.63) is 281 Å². The van der Waals surface area contributed by atoms with Crippen molar-refractivity contribution in [3.8, 4) is 33.4 Å². The number of hydrogen-bond acceptors (Lipinski definition) is 2. The molecule has 298 valence electrons. The number of hydrogen-bond donors (Lipinski definition) is 0. The summed E-state index contributed by atoms with van der Waals surface area (Å²) in [5, 5.41) is 2.60. The van der Waals surface area contributed by atoms with E-state index in [9.17, 15) is 0 Å². The maximum absolute atomic E-state index is 2.55. The van der Waals surface area contributed by atoms with Gasteiger partial charge in [0.1, 0.15) is 0 Å². The third kappa shape index (κ3) is 4.57. The van der Waals surface area contributed by atoms with E-state index in [2.05, 4.69) is 241 Å². The van der Waals surface area contributed by atoms with E-state index in [0.29, 0.717) is 0 Å². The third-order valence-corrected chi connectivity index (χ3v) is 15.7. The van der Waals surface area contributed by atoms with Crippen molar-refractivity contribution in [1.82, 2.24) is 0 Å². The molecule has 0 saturated carbocycles. The fourth-order valence-corrected chi connectivity index (χ4v) is 13.3. The lowest BCUT2D eigenvalue weighted by molar-refractivity contribution is 0.768. The average molecular weight is 830 g/mol. The minimum atomic E-state index is -0.588. The predicted molar refractivity (Wildman–Crippen MR) is 268 cm³/mol. The molecule has 3 aliphatic carbocycles. The van der Waals surface area contributed by atoms with Crippen LogP contribution in [0.3, 0.4) is 0 Å².